The van der Waals surface area contributed by atoms with Crippen LogP contribution in [0.2, 0.25) is 0 Å². The highest BCUT2D eigenvalue weighted by molar-refractivity contribution is 7.80. The number of thiophene rings is 1. The maximum atomic E-state index is 5.62. The third-order valence-electron chi connectivity index (χ3n) is 3.17. The molecule has 5 heteroatoms. The molecular formula is C13H13N3S2. The number of pyridine rings is 1. The van der Waals surface area contributed by atoms with E-state index in [2.05, 4.69) is 21.3 Å². The third-order valence-corrected chi connectivity index (χ3v) is 4.40. The quantitative estimate of drug-likeness (QED) is 0.854. The summed E-state index contributed by atoms with van der Waals surface area (Å²) in [5.41, 5.74) is 8.89. The van der Waals surface area contributed by atoms with Gasteiger partial charge in [0.25, 0.3) is 0 Å². The van der Waals surface area contributed by atoms with Gasteiger partial charge in [0.2, 0.25) is 0 Å². The second kappa shape index (κ2) is 4.66. The van der Waals surface area contributed by atoms with Crippen LogP contribution in [0.15, 0.2) is 29.8 Å². The summed E-state index contributed by atoms with van der Waals surface area (Å²) in [7, 11) is 0. The Morgan fingerprint density at radius 3 is 3.17 bits per heavy atom. The number of rotatable bonds is 2. The Balaban J connectivity index is 1.88. The molecule has 0 radical (unpaired) electrons. The van der Waals surface area contributed by atoms with Gasteiger partial charge in [-0.2, -0.15) is 0 Å². The van der Waals surface area contributed by atoms with Gasteiger partial charge in [-0.1, -0.05) is 12.2 Å². The van der Waals surface area contributed by atoms with Crippen molar-refractivity contribution in [1.82, 2.24) is 4.98 Å². The van der Waals surface area contributed by atoms with Gasteiger partial charge in [0.15, 0.2) is 0 Å². The average molecular weight is 275 g/mol. The standard InChI is InChI=1S/C13H13N3S2/c14-13(17)11-7-10(1-4-15-11)16-5-2-12-9(8-16)3-6-18-12/h1,3-4,6-7H,2,5,8H2,(H2,14,17). The fourth-order valence-electron chi connectivity index (χ4n) is 2.22. The molecule has 0 bridgehead atoms. The first kappa shape index (κ1) is 11.6. The van der Waals surface area contributed by atoms with E-state index in [9.17, 15) is 0 Å². The minimum atomic E-state index is 0.352. The summed E-state index contributed by atoms with van der Waals surface area (Å²) in [6.07, 6.45) is 2.88. The molecule has 0 saturated carbocycles. The maximum absolute atomic E-state index is 5.62. The molecule has 0 aromatic carbocycles. The largest absolute Gasteiger partial charge is 0.388 e. The lowest BCUT2D eigenvalue weighted by molar-refractivity contribution is 0.743. The van der Waals surface area contributed by atoms with Gasteiger partial charge in [0, 0.05) is 29.9 Å². The van der Waals surface area contributed by atoms with Gasteiger partial charge < -0.3 is 10.6 Å². The minimum absolute atomic E-state index is 0.352. The van der Waals surface area contributed by atoms with E-state index >= 15 is 0 Å². The molecule has 3 heterocycles. The molecule has 1 aliphatic rings. The van der Waals surface area contributed by atoms with E-state index in [0.717, 1.165) is 25.2 Å². The molecule has 2 aromatic rings. The van der Waals surface area contributed by atoms with Gasteiger partial charge in [-0.05, 0) is 35.6 Å². The molecule has 0 unspecified atom stereocenters. The van der Waals surface area contributed by atoms with Gasteiger partial charge in [-0.3, -0.25) is 4.98 Å². The van der Waals surface area contributed by atoms with E-state index in [1.165, 1.54) is 10.4 Å². The number of hydrogen-bond acceptors (Lipinski definition) is 4. The molecule has 3 rings (SSSR count). The Kier molecular flexibility index (Phi) is 3.01. The van der Waals surface area contributed by atoms with Crippen molar-refractivity contribution < 1.29 is 0 Å². The van der Waals surface area contributed by atoms with Crippen LogP contribution in [0.1, 0.15) is 16.1 Å². The van der Waals surface area contributed by atoms with E-state index in [1.807, 2.05) is 23.5 Å². The highest BCUT2D eigenvalue weighted by atomic mass is 32.1. The van der Waals surface area contributed by atoms with E-state index in [4.69, 9.17) is 18.0 Å². The zero-order chi connectivity index (χ0) is 12.5. The summed E-state index contributed by atoms with van der Waals surface area (Å²) < 4.78 is 0. The summed E-state index contributed by atoms with van der Waals surface area (Å²) in [4.78, 5) is 8.38. The van der Waals surface area contributed by atoms with E-state index in [1.54, 1.807) is 6.20 Å². The summed E-state index contributed by atoms with van der Waals surface area (Å²) in [5, 5.41) is 2.17. The summed E-state index contributed by atoms with van der Waals surface area (Å²) in [5.74, 6) is 0. The fourth-order valence-corrected chi connectivity index (χ4v) is 3.22. The van der Waals surface area contributed by atoms with Crippen molar-refractivity contribution in [1.29, 1.82) is 0 Å². The number of anilines is 1. The molecule has 0 fully saturated rings. The van der Waals surface area contributed by atoms with Crippen LogP contribution < -0.4 is 10.6 Å². The molecule has 0 saturated heterocycles. The molecule has 2 aromatic heterocycles. The van der Waals surface area contributed by atoms with Crippen LogP contribution in [0, 0.1) is 0 Å². The Hall–Kier alpha value is -1.46. The van der Waals surface area contributed by atoms with Crippen molar-refractivity contribution in [2.45, 2.75) is 13.0 Å². The lowest BCUT2D eigenvalue weighted by atomic mass is 10.1. The first-order chi connectivity index (χ1) is 8.74. The van der Waals surface area contributed by atoms with Gasteiger partial charge in [0.1, 0.15) is 4.99 Å². The van der Waals surface area contributed by atoms with Crippen LogP contribution in [0.25, 0.3) is 0 Å². The topological polar surface area (TPSA) is 42.1 Å². The van der Waals surface area contributed by atoms with Crippen LogP contribution in [0.3, 0.4) is 0 Å². The van der Waals surface area contributed by atoms with E-state index < -0.39 is 0 Å². The number of nitrogens with zero attached hydrogens (tertiary/aromatic N) is 2. The molecule has 18 heavy (non-hydrogen) atoms. The Labute approximate surface area is 115 Å². The first-order valence-electron chi connectivity index (χ1n) is 5.80. The van der Waals surface area contributed by atoms with E-state index in [0.29, 0.717) is 10.7 Å². The van der Waals surface area contributed by atoms with Crippen molar-refractivity contribution >= 4 is 34.2 Å². The predicted molar refractivity (Wildman–Crippen MR) is 79.2 cm³/mol. The molecule has 2 N–H and O–H groups in total. The second-order valence-electron chi connectivity index (χ2n) is 4.30. The number of thiocarbonyl (C=S) groups is 1. The maximum Gasteiger partial charge on any atom is 0.122 e. The van der Waals surface area contributed by atoms with Crippen molar-refractivity contribution in [3.05, 3.63) is 45.9 Å². The lowest BCUT2D eigenvalue weighted by Crippen LogP contribution is -2.29. The second-order valence-corrected chi connectivity index (χ2v) is 5.74. The minimum Gasteiger partial charge on any atom is -0.388 e. The van der Waals surface area contributed by atoms with Crippen LogP contribution in [-0.4, -0.2) is 16.5 Å². The van der Waals surface area contributed by atoms with Crippen molar-refractivity contribution in [3.8, 4) is 0 Å². The number of hydrogen-bond donors (Lipinski definition) is 1. The summed E-state index contributed by atoms with van der Waals surface area (Å²) >= 11 is 6.82. The van der Waals surface area contributed by atoms with Gasteiger partial charge in [-0.25, -0.2) is 0 Å². The highest BCUT2D eigenvalue weighted by Gasteiger charge is 2.17. The molecule has 0 atom stereocenters. The van der Waals surface area contributed by atoms with Crippen molar-refractivity contribution in [2.24, 2.45) is 5.73 Å². The third kappa shape index (κ3) is 2.11. The Morgan fingerprint density at radius 2 is 2.33 bits per heavy atom. The monoisotopic (exact) mass is 275 g/mol. The SMILES string of the molecule is NC(=S)c1cc(N2CCc3sccc3C2)ccn1. The first-order valence-corrected chi connectivity index (χ1v) is 7.09. The number of nitrogens with two attached hydrogens (primary N) is 1. The normalized spacial score (nSPS) is 14.3. The fraction of sp³-hybridized carbons (Fsp3) is 0.231. The van der Waals surface area contributed by atoms with Crippen LogP contribution >= 0.6 is 23.6 Å². The van der Waals surface area contributed by atoms with Crippen molar-refractivity contribution in [2.75, 3.05) is 11.4 Å². The molecule has 0 spiro atoms. The summed E-state index contributed by atoms with van der Waals surface area (Å²) in [6.45, 7) is 1.99. The number of aromatic nitrogens is 1. The zero-order valence-electron chi connectivity index (χ0n) is 9.80. The molecular weight excluding hydrogens is 262 g/mol. The van der Waals surface area contributed by atoms with Gasteiger partial charge in [-0.15, -0.1) is 11.3 Å². The smallest absolute Gasteiger partial charge is 0.122 e. The lowest BCUT2D eigenvalue weighted by Gasteiger charge is -2.29. The molecule has 92 valence electrons. The summed E-state index contributed by atoms with van der Waals surface area (Å²) in [6, 6.07) is 6.20. The Bertz CT molecular complexity index is 591. The van der Waals surface area contributed by atoms with Gasteiger partial charge in [0.05, 0.1) is 5.69 Å². The zero-order valence-corrected chi connectivity index (χ0v) is 11.4. The van der Waals surface area contributed by atoms with Crippen LogP contribution in [-0.2, 0) is 13.0 Å². The predicted octanol–water partition coefficient (Wildman–Crippen LogP) is 2.34. The van der Waals surface area contributed by atoms with Gasteiger partial charge >= 0.3 is 0 Å². The Morgan fingerprint density at radius 1 is 1.44 bits per heavy atom. The highest BCUT2D eigenvalue weighted by Crippen LogP contribution is 2.27. The molecule has 3 nitrogen and oxygen atoms in total. The molecule has 1 aliphatic heterocycles. The average Bonchev–Trinajstić information content (AvgIpc) is 2.86. The van der Waals surface area contributed by atoms with Crippen LogP contribution in [0.4, 0.5) is 5.69 Å². The van der Waals surface area contributed by atoms with Crippen molar-refractivity contribution in [3.63, 3.8) is 0 Å². The van der Waals surface area contributed by atoms with E-state index in [-0.39, 0.29) is 0 Å². The molecule has 0 aliphatic carbocycles. The molecule has 0 amide bonds. The number of fused-ring (bicyclic) bond motifs is 1. The van der Waals surface area contributed by atoms with Crippen LogP contribution in [0.5, 0.6) is 0 Å².